The van der Waals surface area contributed by atoms with Gasteiger partial charge in [-0.2, -0.15) is 0 Å². The molecule has 0 unspecified atom stereocenters. The van der Waals surface area contributed by atoms with Gasteiger partial charge in [0.1, 0.15) is 36.6 Å². The number of ether oxygens (including phenoxy) is 13. The van der Waals surface area contributed by atoms with Crippen molar-refractivity contribution in [3.8, 4) is 0 Å². The first kappa shape index (κ1) is 52.1. The molecule has 3 N–H and O–H groups in total. The van der Waals surface area contributed by atoms with Crippen molar-refractivity contribution in [3.05, 3.63) is 11.6 Å². The first-order chi connectivity index (χ1) is 31.9. The Bertz CT molecular complexity index is 1720. The summed E-state index contributed by atoms with van der Waals surface area (Å²) in [5.41, 5.74) is -2.40. The summed E-state index contributed by atoms with van der Waals surface area (Å²) in [7, 11) is 8.04. The summed E-state index contributed by atoms with van der Waals surface area (Å²) in [6.07, 6.45) is 1.98. The topological polar surface area (TPSA) is 198 Å². The number of Topliss-reactive ketones (excluding diaryl/α,β-unsaturated/α-hetero) is 1. The van der Waals surface area contributed by atoms with Crippen LogP contribution >= 0.6 is 0 Å². The minimum Gasteiger partial charge on any atom is -0.389 e. The predicted molar refractivity (Wildman–Crippen MR) is 239 cm³/mol. The monoisotopic (exact) mass is 955 g/mol. The van der Waals surface area contributed by atoms with Crippen LogP contribution in [0.4, 0.5) is 0 Å². The SMILES string of the molecule is COCC(=O)[C@]1(O)CC[C@]2(O)[C@@H]3CC=C4C[C@@H](O[C@H]5C[C@H](OC)[C@H](O[C@H]6C[C@H](OC)[C@H](O[C@H]7C[C@H](OC)[C@H](O[C@H]8C[C@@H](OC)[C@H](O)[C@@H](C)O8)[C@@H](C)O7)[C@@H](C)O6)[C@@H](C)O5)CC[C@]4(C)[C@H]3CC[C@]12C. The van der Waals surface area contributed by atoms with E-state index in [1.807, 2.05) is 27.7 Å². The number of fused-ring (bicyclic) bond motifs is 5. The van der Waals surface area contributed by atoms with Gasteiger partial charge < -0.3 is 76.9 Å². The van der Waals surface area contributed by atoms with Crippen LogP contribution in [0.1, 0.15) is 119 Å². The highest BCUT2D eigenvalue weighted by Gasteiger charge is 2.73. The molecule has 3 saturated carbocycles. The lowest BCUT2D eigenvalue weighted by atomic mass is 9.45. The molecule has 23 atom stereocenters. The van der Waals surface area contributed by atoms with Crippen LogP contribution in [0.25, 0.3) is 0 Å². The molecule has 67 heavy (non-hydrogen) atoms. The number of aliphatic hydroxyl groups is 3. The third-order valence-electron chi connectivity index (χ3n) is 18.1. The molecule has 7 fully saturated rings. The van der Waals surface area contributed by atoms with E-state index >= 15 is 0 Å². The zero-order chi connectivity index (χ0) is 48.2. The molecule has 0 aromatic heterocycles. The largest absolute Gasteiger partial charge is 0.389 e. The molecule has 17 nitrogen and oxygen atoms in total. The lowest BCUT2D eigenvalue weighted by molar-refractivity contribution is -0.347. The summed E-state index contributed by atoms with van der Waals surface area (Å²) in [6.45, 7) is 11.8. The summed E-state index contributed by atoms with van der Waals surface area (Å²) >= 11 is 0. The lowest BCUT2D eigenvalue weighted by Crippen LogP contribution is -2.66. The zero-order valence-electron chi connectivity index (χ0n) is 41.8. The molecule has 0 amide bonds. The number of aliphatic hydroxyl groups excluding tert-OH is 1. The third kappa shape index (κ3) is 9.52. The second-order valence-electron chi connectivity index (χ2n) is 21.5. The van der Waals surface area contributed by atoms with E-state index in [0.717, 1.165) is 25.7 Å². The number of allylic oxidation sites excluding steroid dienone is 1. The van der Waals surface area contributed by atoms with Gasteiger partial charge in [-0.15, -0.1) is 0 Å². The van der Waals surface area contributed by atoms with E-state index in [9.17, 15) is 20.1 Å². The van der Waals surface area contributed by atoms with E-state index < -0.39 is 90.6 Å². The van der Waals surface area contributed by atoms with Crippen molar-refractivity contribution in [1.29, 1.82) is 0 Å². The van der Waals surface area contributed by atoms with Crippen molar-refractivity contribution in [2.45, 2.75) is 234 Å². The molecule has 0 spiro atoms. The molecule has 0 aromatic carbocycles. The molecule has 8 aliphatic rings. The Morgan fingerprint density at radius 1 is 0.627 bits per heavy atom. The van der Waals surface area contributed by atoms with Gasteiger partial charge in [0.15, 0.2) is 30.9 Å². The highest BCUT2D eigenvalue weighted by atomic mass is 16.8. The Hall–Kier alpha value is -1.23. The number of ketones is 1. The zero-order valence-corrected chi connectivity index (χ0v) is 41.8. The van der Waals surface area contributed by atoms with Gasteiger partial charge in [-0.25, -0.2) is 0 Å². The molecule has 17 heteroatoms. The number of carbonyl (C=O) groups is 1. The first-order valence-electron chi connectivity index (χ1n) is 25.1. The maximum Gasteiger partial charge on any atom is 0.190 e. The Balaban J connectivity index is 0.832. The van der Waals surface area contributed by atoms with Gasteiger partial charge in [0.2, 0.25) is 0 Å². The number of hydrogen-bond acceptors (Lipinski definition) is 17. The minimum absolute atomic E-state index is 0.0350. The number of carbonyl (C=O) groups excluding carboxylic acids is 1. The summed E-state index contributed by atoms with van der Waals surface area (Å²) in [4.78, 5) is 13.2. The van der Waals surface area contributed by atoms with Gasteiger partial charge in [0.05, 0.1) is 60.5 Å². The van der Waals surface area contributed by atoms with Gasteiger partial charge in [0.25, 0.3) is 0 Å². The van der Waals surface area contributed by atoms with Crippen LogP contribution in [-0.2, 0) is 66.4 Å². The predicted octanol–water partition coefficient (Wildman–Crippen LogP) is 4.51. The van der Waals surface area contributed by atoms with Crippen LogP contribution in [0.15, 0.2) is 11.6 Å². The third-order valence-corrected chi connectivity index (χ3v) is 18.1. The maximum atomic E-state index is 13.2. The number of methoxy groups -OCH3 is 5. The first-order valence-corrected chi connectivity index (χ1v) is 25.1. The van der Waals surface area contributed by atoms with Crippen molar-refractivity contribution in [2.24, 2.45) is 22.7 Å². The minimum atomic E-state index is -1.60. The molecule has 4 saturated heterocycles. The van der Waals surface area contributed by atoms with Crippen molar-refractivity contribution in [3.63, 3.8) is 0 Å². The summed E-state index contributed by atoms with van der Waals surface area (Å²) in [5, 5.41) is 34.8. The van der Waals surface area contributed by atoms with E-state index in [4.69, 9.17) is 61.6 Å². The summed E-state index contributed by atoms with van der Waals surface area (Å²) < 4.78 is 80.4. The van der Waals surface area contributed by atoms with E-state index in [1.165, 1.54) is 12.7 Å². The van der Waals surface area contributed by atoms with Crippen molar-refractivity contribution in [1.82, 2.24) is 0 Å². The molecular weight excluding hydrogens is 873 g/mol. The van der Waals surface area contributed by atoms with Gasteiger partial charge in [-0.1, -0.05) is 25.5 Å². The van der Waals surface area contributed by atoms with Crippen molar-refractivity contribution < 1.29 is 81.7 Å². The average molecular weight is 955 g/mol. The molecule has 4 aliphatic carbocycles. The summed E-state index contributed by atoms with van der Waals surface area (Å²) in [6, 6.07) is 0. The molecule has 384 valence electrons. The van der Waals surface area contributed by atoms with Crippen LogP contribution in [0.3, 0.4) is 0 Å². The van der Waals surface area contributed by atoms with Crippen LogP contribution in [0.2, 0.25) is 0 Å². The highest BCUT2D eigenvalue weighted by molar-refractivity contribution is 5.90. The second kappa shape index (κ2) is 20.7. The highest BCUT2D eigenvalue weighted by Crippen LogP contribution is 2.69. The van der Waals surface area contributed by atoms with Gasteiger partial charge in [-0.05, 0) is 96.3 Å². The number of hydrogen-bond donors (Lipinski definition) is 3. The summed E-state index contributed by atoms with van der Waals surface area (Å²) in [5.74, 6) is -0.131. The molecule has 4 heterocycles. The van der Waals surface area contributed by atoms with Gasteiger partial charge in [0, 0.05) is 66.6 Å². The van der Waals surface area contributed by atoms with Crippen molar-refractivity contribution >= 4 is 5.78 Å². The molecule has 0 bridgehead atoms. The lowest BCUT2D eigenvalue weighted by Gasteiger charge is -2.62. The van der Waals surface area contributed by atoms with Gasteiger partial charge in [-0.3, -0.25) is 4.79 Å². The molecule has 4 aliphatic heterocycles. The fraction of sp³-hybridized carbons (Fsp3) is 0.940. The molecular formula is C50H82O17. The van der Waals surface area contributed by atoms with E-state index in [1.54, 1.807) is 35.4 Å². The Labute approximate surface area is 397 Å². The molecule has 8 rings (SSSR count). The smallest absolute Gasteiger partial charge is 0.190 e. The van der Waals surface area contributed by atoms with E-state index in [-0.39, 0.29) is 66.6 Å². The maximum absolute atomic E-state index is 13.2. The van der Waals surface area contributed by atoms with Gasteiger partial charge >= 0.3 is 0 Å². The quantitative estimate of drug-likeness (QED) is 0.194. The normalized spacial score (nSPS) is 51.3. The average Bonchev–Trinajstić information content (AvgIpc) is 3.52. The fourth-order valence-corrected chi connectivity index (χ4v) is 14.0. The van der Waals surface area contributed by atoms with Crippen LogP contribution in [0, 0.1) is 22.7 Å². The van der Waals surface area contributed by atoms with Crippen LogP contribution < -0.4 is 0 Å². The Kier molecular flexibility index (Phi) is 16.1. The van der Waals surface area contributed by atoms with Crippen LogP contribution in [0.5, 0.6) is 0 Å². The van der Waals surface area contributed by atoms with Crippen LogP contribution in [-0.4, -0.2) is 179 Å². The standard InChI is InChI=1S/C50H82O17/c1-26-43(52)34(56-8)21-40(60-26)65-45-28(3)62-42(23-36(45)58-10)67-46-29(4)63-41(24-37(46)59-11)66-44-27(2)61-39(22-35(44)57-9)64-31-14-16-47(5)30(20-31)12-13-33-32(47)15-17-48(6)49(33,53)18-19-50(48,54)38(51)25-55-7/h12,26-29,31-37,39-46,52-54H,13-25H2,1-11H3/t26-,27-,28-,29-,31+,32+,33-,34-,35+,36+,37+,39+,40+,41+,42+,43-,44-,45-,46-,47+,48+,49+,50-/m1/s1. The van der Waals surface area contributed by atoms with Crippen molar-refractivity contribution in [2.75, 3.05) is 42.2 Å². The van der Waals surface area contributed by atoms with E-state index in [2.05, 4.69) is 13.0 Å². The Morgan fingerprint density at radius 3 is 1.60 bits per heavy atom. The van der Waals surface area contributed by atoms with E-state index in [0.29, 0.717) is 44.9 Å². The molecule has 0 aromatic rings. The number of rotatable bonds is 15. The molecule has 0 radical (unpaired) electrons. The second-order valence-corrected chi connectivity index (χ2v) is 21.5. The Morgan fingerprint density at radius 2 is 1.10 bits per heavy atom. The fourth-order valence-electron chi connectivity index (χ4n) is 14.0.